The molecule has 0 fully saturated rings. The number of nitrogens with two attached hydrogens (primary N) is 1. The van der Waals surface area contributed by atoms with Crippen molar-refractivity contribution in [3.05, 3.63) is 86.9 Å². The van der Waals surface area contributed by atoms with E-state index in [0.717, 1.165) is 18.4 Å². The predicted octanol–water partition coefficient (Wildman–Crippen LogP) is 1.28. The Labute approximate surface area is 187 Å². The lowest BCUT2D eigenvalue weighted by Gasteiger charge is -2.30. The summed E-state index contributed by atoms with van der Waals surface area (Å²) in [4.78, 5) is 26.8. The Hall–Kier alpha value is -4.28. The van der Waals surface area contributed by atoms with E-state index in [2.05, 4.69) is 4.99 Å². The predicted molar refractivity (Wildman–Crippen MR) is 115 cm³/mol. The Morgan fingerprint density at radius 2 is 2.00 bits per heavy atom. The third-order valence-electron chi connectivity index (χ3n) is 4.54. The van der Waals surface area contributed by atoms with Crippen LogP contribution in [-0.4, -0.2) is 46.9 Å². The second-order valence-electron chi connectivity index (χ2n) is 6.94. The van der Waals surface area contributed by atoms with Crippen LogP contribution in [0, 0.1) is 21.4 Å². The maximum absolute atomic E-state index is 12.3. The second kappa shape index (κ2) is 9.07. The highest BCUT2D eigenvalue weighted by molar-refractivity contribution is 7.91. The number of rotatable bonds is 7. The standard InChI is InChI=1S/C20H17N5O7S/c1-33(30,31)20-23-15(9-12-5-3-2-4-6-12)17(25(28)29)18(24(20)22)32-16-10-13(11-21)7-8-14(16)19(26)27/h2-8,10,20H,9,22H2,1H3,(H,26,27). The summed E-state index contributed by atoms with van der Waals surface area (Å²) in [5.74, 6) is 3.29. The Bertz CT molecular complexity index is 1330. The van der Waals surface area contributed by atoms with Crippen molar-refractivity contribution < 1.29 is 28.0 Å². The van der Waals surface area contributed by atoms with Crippen LogP contribution in [0.25, 0.3) is 0 Å². The zero-order valence-electron chi connectivity index (χ0n) is 17.1. The summed E-state index contributed by atoms with van der Waals surface area (Å²) in [6, 6.07) is 13.6. The maximum atomic E-state index is 12.3. The van der Waals surface area contributed by atoms with E-state index in [-0.39, 0.29) is 17.7 Å². The molecule has 12 nitrogen and oxygen atoms in total. The molecule has 0 bridgehead atoms. The minimum atomic E-state index is -4.01. The maximum Gasteiger partial charge on any atom is 0.351 e. The molecular formula is C20H17N5O7S. The Kier molecular flexibility index (Phi) is 6.43. The Balaban J connectivity index is 2.22. The van der Waals surface area contributed by atoms with Crippen molar-refractivity contribution in [1.29, 1.82) is 5.26 Å². The molecule has 1 aliphatic rings. The zero-order valence-corrected chi connectivity index (χ0v) is 17.9. The molecular weight excluding hydrogens is 454 g/mol. The van der Waals surface area contributed by atoms with Crippen molar-refractivity contribution in [2.75, 3.05) is 6.26 Å². The lowest BCUT2D eigenvalue weighted by Crippen LogP contribution is -2.50. The van der Waals surface area contributed by atoms with Crippen LogP contribution in [0.3, 0.4) is 0 Å². The van der Waals surface area contributed by atoms with Crippen LogP contribution >= 0.6 is 0 Å². The number of hydrazine groups is 1. The van der Waals surface area contributed by atoms with Crippen LogP contribution < -0.4 is 10.6 Å². The highest BCUT2D eigenvalue weighted by Crippen LogP contribution is 2.29. The number of nitrogens with zero attached hydrogens (tertiary/aromatic N) is 4. The molecule has 2 aromatic rings. The van der Waals surface area contributed by atoms with E-state index in [9.17, 15) is 28.4 Å². The first-order valence-electron chi connectivity index (χ1n) is 9.20. The average molecular weight is 471 g/mol. The fourth-order valence-corrected chi connectivity index (χ4v) is 3.89. The number of sulfone groups is 1. The first-order chi connectivity index (χ1) is 15.5. The monoisotopic (exact) mass is 471 g/mol. The smallest absolute Gasteiger partial charge is 0.351 e. The van der Waals surface area contributed by atoms with Crippen molar-refractivity contribution in [2.24, 2.45) is 10.8 Å². The van der Waals surface area contributed by atoms with E-state index >= 15 is 0 Å². The highest BCUT2D eigenvalue weighted by atomic mass is 32.2. The van der Waals surface area contributed by atoms with Gasteiger partial charge in [0, 0.05) is 12.7 Å². The quantitative estimate of drug-likeness (QED) is 0.338. The number of ether oxygens (including phenoxy) is 1. The molecule has 0 saturated heterocycles. The van der Waals surface area contributed by atoms with Gasteiger partial charge in [0.25, 0.3) is 5.88 Å². The lowest BCUT2D eigenvalue weighted by molar-refractivity contribution is -0.419. The fourth-order valence-electron chi connectivity index (χ4n) is 3.06. The molecule has 0 saturated carbocycles. The molecule has 0 aliphatic carbocycles. The zero-order chi connectivity index (χ0) is 24.3. The number of carboxylic acids is 1. The van der Waals surface area contributed by atoms with Crippen LogP contribution in [0.2, 0.25) is 0 Å². The normalized spacial score (nSPS) is 16.1. The van der Waals surface area contributed by atoms with Crippen LogP contribution in [0.4, 0.5) is 0 Å². The van der Waals surface area contributed by atoms with Crippen LogP contribution in [0.5, 0.6) is 5.75 Å². The van der Waals surface area contributed by atoms with Crippen molar-refractivity contribution in [1.82, 2.24) is 5.01 Å². The number of hydrogen-bond donors (Lipinski definition) is 2. The van der Waals surface area contributed by atoms with Gasteiger partial charge in [-0.1, -0.05) is 30.3 Å². The summed E-state index contributed by atoms with van der Waals surface area (Å²) in [6.07, 6.45) is 0.725. The highest BCUT2D eigenvalue weighted by Gasteiger charge is 2.42. The second-order valence-corrected chi connectivity index (χ2v) is 9.02. The van der Waals surface area contributed by atoms with Gasteiger partial charge < -0.3 is 9.84 Å². The van der Waals surface area contributed by atoms with E-state index in [1.807, 2.05) is 0 Å². The molecule has 1 aliphatic heterocycles. The van der Waals surface area contributed by atoms with Gasteiger partial charge in [-0.15, -0.1) is 0 Å². The third-order valence-corrected chi connectivity index (χ3v) is 5.64. The first kappa shape index (κ1) is 23.4. The molecule has 1 heterocycles. The number of aromatic carboxylic acids is 1. The molecule has 3 rings (SSSR count). The number of nitro groups is 1. The molecule has 2 aromatic carbocycles. The van der Waals surface area contributed by atoms with Crippen molar-refractivity contribution >= 4 is 21.5 Å². The van der Waals surface area contributed by atoms with Gasteiger partial charge in [-0.05, 0) is 23.8 Å². The minimum Gasteiger partial charge on any atom is -0.478 e. The van der Waals surface area contributed by atoms with E-state index in [0.29, 0.717) is 10.6 Å². The van der Waals surface area contributed by atoms with Crippen LogP contribution in [-0.2, 0) is 16.3 Å². The first-order valence-corrected chi connectivity index (χ1v) is 11.2. The van der Waals surface area contributed by atoms with E-state index in [1.165, 1.54) is 6.07 Å². The van der Waals surface area contributed by atoms with Gasteiger partial charge in [-0.25, -0.2) is 29.1 Å². The Morgan fingerprint density at radius 3 is 2.55 bits per heavy atom. The van der Waals surface area contributed by atoms with Crippen molar-refractivity contribution in [2.45, 2.75) is 11.9 Å². The molecule has 33 heavy (non-hydrogen) atoms. The van der Waals surface area contributed by atoms with E-state index < -0.39 is 49.1 Å². The molecule has 1 unspecified atom stereocenters. The summed E-state index contributed by atoms with van der Waals surface area (Å²) >= 11 is 0. The lowest BCUT2D eigenvalue weighted by atomic mass is 10.1. The molecule has 0 radical (unpaired) electrons. The number of nitriles is 1. The van der Waals surface area contributed by atoms with Gasteiger partial charge in [0.1, 0.15) is 17.0 Å². The summed E-state index contributed by atoms with van der Waals surface area (Å²) in [6.45, 7) is 0. The number of carbonyl (C=O) groups is 1. The molecule has 170 valence electrons. The van der Waals surface area contributed by atoms with Crippen LogP contribution in [0.15, 0.2) is 65.1 Å². The summed E-state index contributed by atoms with van der Waals surface area (Å²) < 4.78 is 30.2. The molecule has 3 N–H and O–H groups in total. The van der Waals surface area contributed by atoms with Gasteiger partial charge in [0.05, 0.1) is 16.6 Å². The topological polar surface area (TPSA) is 189 Å². The fraction of sp³-hybridized carbons (Fsp3) is 0.150. The average Bonchev–Trinajstić information content (AvgIpc) is 2.75. The third kappa shape index (κ3) is 4.97. The number of aliphatic imine (C=N–C) groups is 1. The number of allylic oxidation sites excluding steroid dienone is 1. The molecule has 0 amide bonds. The van der Waals surface area contributed by atoms with Gasteiger partial charge in [-0.3, -0.25) is 10.1 Å². The van der Waals surface area contributed by atoms with Gasteiger partial charge >= 0.3 is 11.7 Å². The Morgan fingerprint density at radius 1 is 1.33 bits per heavy atom. The van der Waals surface area contributed by atoms with E-state index in [4.69, 9.17) is 15.8 Å². The largest absolute Gasteiger partial charge is 0.478 e. The van der Waals surface area contributed by atoms with Gasteiger partial charge in [0.15, 0.2) is 9.84 Å². The van der Waals surface area contributed by atoms with Gasteiger partial charge in [-0.2, -0.15) is 5.26 Å². The summed E-state index contributed by atoms with van der Waals surface area (Å²) in [5.41, 5.74) is -2.53. The number of carboxylic acid groups (broad SMARTS) is 1. The van der Waals surface area contributed by atoms with Crippen molar-refractivity contribution in [3.8, 4) is 11.8 Å². The number of hydrogen-bond acceptors (Lipinski definition) is 10. The summed E-state index contributed by atoms with van der Waals surface area (Å²) in [5, 5.41) is 31.0. The molecule has 13 heteroatoms. The van der Waals surface area contributed by atoms with Gasteiger partial charge in [0.2, 0.25) is 5.50 Å². The molecule has 0 aromatic heterocycles. The molecule has 1 atom stereocenters. The van der Waals surface area contributed by atoms with Crippen molar-refractivity contribution in [3.63, 3.8) is 0 Å². The number of benzene rings is 2. The summed E-state index contributed by atoms with van der Waals surface area (Å²) in [7, 11) is -4.01. The molecule has 0 spiro atoms. The van der Waals surface area contributed by atoms with Crippen LogP contribution in [0.1, 0.15) is 21.5 Å². The van der Waals surface area contributed by atoms with E-state index in [1.54, 1.807) is 36.4 Å². The SMILES string of the molecule is CS(=O)(=O)C1N=C(Cc2ccccc2)C([N+](=O)[O-])=C(Oc2cc(C#N)ccc2C(=O)O)N1N. The minimum absolute atomic E-state index is 0.00970.